The van der Waals surface area contributed by atoms with Crippen molar-refractivity contribution in [1.82, 2.24) is 0 Å². The van der Waals surface area contributed by atoms with E-state index >= 15 is 0 Å². The Morgan fingerprint density at radius 1 is 1.06 bits per heavy atom. The minimum Gasteiger partial charge on any atom is -0.324 e. The maximum Gasteiger partial charge on any atom is 0.245 e. The Kier molecular flexibility index (Phi) is 3.75. The first-order valence-electron chi connectivity index (χ1n) is 5.85. The van der Waals surface area contributed by atoms with E-state index in [4.69, 9.17) is 5.73 Å². The molecule has 1 atom stereocenters. The number of para-hydroxylation sites is 1. The molecule has 3 heteroatoms. The lowest BCUT2D eigenvalue weighted by molar-refractivity contribution is -0.117. The number of carbonyl (C=O) groups excluding carboxylic acids is 1. The second-order valence-electron chi connectivity index (χ2n) is 4.19. The molecular formula is C15H16N2O. The highest BCUT2D eigenvalue weighted by Gasteiger charge is 2.15. The lowest BCUT2D eigenvalue weighted by Gasteiger charge is -2.13. The lowest BCUT2D eigenvalue weighted by Crippen LogP contribution is -2.27. The molecule has 0 saturated heterocycles. The number of benzene rings is 2. The Balaban J connectivity index is 2.12. The summed E-state index contributed by atoms with van der Waals surface area (Å²) in [5.74, 6) is -0.199. The molecule has 3 N–H and O–H groups in total. The molecule has 0 spiro atoms. The van der Waals surface area contributed by atoms with Gasteiger partial charge in [-0.1, -0.05) is 48.5 Å². The molecule has 3 nitrogen and oxygen atoms in total. The van der Waals surface area contributed by atoms with Crippen LogP contribution in [0.1, 0.15) is 17.2 Å². The Labute approximate surface area is 107 Å². The van der Waals surface area contributed by atoms with Crippen molar-refractivity contribution >= 4 is 11.6 Å². The van der Waals surface area contributed by atoms with E-state index in [1.54, 1.807) is 0 Å². The van der Waals surface area contributed by atoms with Crippen molar-refractivity contribution in [2.24, 2.45) is 5.73 Å². The van der Waals surface area contributed by atoms with Crippen LogP contribution in [-0.2, 0) is 4.79 Å². The molecule has 1 amide bonds. The van der Waals surface area contributed by atoms with Crippen LogP contribution < -0.4 is 11.1 Å². The molecule has 0 aliphatic carbocycles. The minimum atomic E-state index is -0.647. The van der Waals surface area contributed by atoms with Crippen LogP contribution in [0.2, 0.25) is 0 Å². The predicted octanol–water partition coefficient (Wildman–Crippen LogP) is 2.63. The Bertz CT molecular complexity index is 537. The molecule has 2 rings (SSSR count). The molecule has 0 bridgehead atoms. The average Bonchev–Trinajstić information content (AvgIpc) is 2.41. The molecule has 0 heterocycles. The smallest absolute Gasteiger partial charge is 0.245 e. The van der Waals surface area contributed by atoms with Gasteiger partial charge in [-0.25, -0.2) is 0 Å². The SMILES string of the molecule is Cc1ccccc1NC(=O)[C@H](N)c1ccccc1. The van der Waals surface area contributed by atoms with Gasteiger partial charge in [0.1, 0.15) is 6.04 Å². The van der Waals surface area contributed by atoms with Gasteiger partial charge in [-0.2, -0.15) is 0 Å². The van der Waals surface area contributed by atoms with Gasteiger partial charge >= 0.3 is 0 Å². The summed E-state index contributed by atoms with van der Waals surface area (Å²) in [6.45, 7) is 1.95. The van der Waals surface area contributed by atoms with Crippen LogP contribution in [-0.4, -0.2) is 5.91 Å². The van der Waals surface area contributed by atoms with Crippen LogP contribution in [0.5, 0.6) is 0 Å². The summed E-state index contributed by atoms with van der Waals surface area (Å²) in [7, 11) is 0. The second-order valence-corrected chi connectivity index (χ2v) is 4.19. The summed E-state index contributed by atoms with van der Waals surface area (Å²) in [5, 5.41) is 2.84. The van der Waals surface area contributed by atoms with Gasteiger partial charge < -0.3 is 11.1 Å². The summed E-state index contributed by atoms with van der Waals surface area (Å²) < 4.78 is 0. The third-order valence-corrected chi connectivity index (χ3v) is 2.84. The van der Waals surface area contributed by atoms with Gasteiger partial charge in [-0.05, 0) is 24.1 Å². The van der Waals surface area contributed by atoms with Crippen molar-refractivity contribution < 1.29 is 4.79 Å². The van der Waals surface area contributed by atoms with Crippen LogP contribution in [0.25, 0.3) is 0 Å². The zero-order chi connectivity index (χ0) is 13.0. The second kappa shape index (κ2) is 5.47. The predicted molar refractivity (Wildman–Crippen MR) is 73.2 cm³/mol. The van der Waals surface area contributed by atoms with Crippen molar-refractivity contribution in [2.75, 3.05) is 5.32 Å². The Hall–Kier alpha value is -2.13. The monoisotopic (exact) mass is 240 g/mol. The zero-order valence-corrected chi connectivity index (χ0v) is 10.3. The number of hydrogen-bond donors (Lipinski definition) is 2. The first kappa shape index (κ1) is 12.3. The molecule has 92 valence electrons. The summed E-state index contributed by atoms with van der Waals surface area (Å²) in [4.78, 5) is 12.0. The lowest BCUT2D eigenvalue weighted by atomic mass is 10.1. The summed E-state index contributed by atoms with van der Waals surface area (Å²) in [6, 6.07) is 16.3. The fourth-order valence-electron chi connectivity index (χ4n) is 1.74. The summed E-state index contributed by atoms with van der Waals surface area (Å²) in [6.07, 6.45) is 0. The van der Waals surface area contributed by atoms with Gasteiger partial charge in [0.05, 0.1) is 0 Å². The van der Waals surface area contributed by atoms with Gasteiger partial charge in [0, 0.05) is 5.69 Å². The van der Waals surface area contributed by atoms with Gasteiger partial charge in [0.2, 0.25) is 5.91 Å². The van der Waals surface area contributed by atoms with E-state index in [1.807, 2.05) is 61.5 Å². The fourth-order valence-corrected chi connectivity index (χ4v) is 1.74. The molecule has 0 aliphatic rings. The number of nitrogens with one attached hydrogen (secondary N) is 1. The van der Waals surface area contributed by atoms with Crippen LogP contribution >= 0.6 is 0 Å². The van der Waals surface area contributed by atoms with E-state index in [-0.39, 0.29) is 5.91 Å². The third-order valence-electron chi connectivity index (χ3n) is 2.84. The molecule has 0 aliphatic heterocycles. The topological polar surface area (TPSA) is 55.1 Å². The number of amides is 1. The van der Waals surface area contributed by atoms with E-state index < -0.39 is 6.04 Å². The Morgan fingerprint density at radius 3 is 2.33 bits per heavy atom. The van der Waals surface area contributed by atoms with E-state index in [0.29, 0.717) is 0 Å². The minimum absolute atomic E-state index is 0.199. The van der Waals surface area contributed by atoms with E-state index in [9.17, 15) is 4.79 Å². The van der Waals surface area contributed by atoms with Crippen LogP contribution in [0.15, 0.2) is 54.6 Å². The van der Waals surface area contributed by atoms with Crippen LogP contribution in [0.4, 0.5) is 5.69 Å². The average molecular weight is 240 g/mol. The van der Waals surface area contributed by atoms with Gasteiger partial charge in [0.15, 0.2) is 0 Å². The highest BCUT2D eigenvalue weighted by molar-refractivity contribution is 5.95. The maximum absolute atomic E-state index is 12.0. The molecule has 0 aromatic heterocycles. The molecular weight excluding hydrogens is 224 g/mol. The van der Waals surface area contributed by atoms with Gasteiger partial charge in [-0.3, -0.25) is 4.79 Å². The van der Waals surface area contributed by atoms with E-state index in [0.717, 1.165) is 16.8 Å². The van der Waals surface area contributed by atoms with Crippen LogP contribution in [0, 0.1) is 6.92 Å². The quantitative estimate of drug-likeness (QED) is 0.866. The number of anilines is 1. The van der Waals surface area contributed by atoms with Crippen molar-refractivity contribution in [3.63, 3.8) is 0 Å². The zero-order valence-electron chi connectivity index (χ0n) is 10.3. The molecule has 2 aromatic carbocycles. The van der Waals surface area contributed by atoms with Crippen LogP contribution in [0.3, 0.4) is 0 Å². The largest absolute Gasteiger partial charge is 0.324 e. The molecule has 0 fully saturated rings. The maximum atomic E-state index is 12.0. The number of aryl methyl sites for hydroxylation is 1. The summed E-state index contributed by atoms with van der Waals surface area (Å²) in [5.41, 5.74) is 8.55. The fraction of sp³-hybridized carbons (Fsp3) is 0.133. The van der Waals surface area contributed by atoms with Crippen molar-refractivity contribution in [1.29, 1.82) is 0 Å². The standard InChI is InChI=1S/C15H16N2O/c1-11-7-5-6-10-13(11)17-15(18)14(16)12-8-3-2-4-9-12/h2-10,14H,16H2,1H3,(H,17,18)/t14-/m1/s1. The molecule has 0 unspecified atom stereocenters. The molecule has 0 saturated carbocycles. The number of hydrogen-bond acceptors (Lipinski definition) is 2. The Morgan fingerprint density at radius 2 is 1.67 bits per heavy atom. The highest BCUT2D eigenvalue weighted by atomic mass is 16.2. The van der Waals surface area contributed by atoms with Crippen molar-refractivity contribution in [2.45, 2.75) is 13.0 Å². The van der Waals surface area contributed by atoms with Gasteiger partial charge in [0.25, 0.3) is 0 Å². The highest BCUT2D eigenvalue weighted by Crippen LogP contribution is 2.16. The van der Waals surface area contributed by atoms with Crippen molar-refractivity contribution in [3.05, 3.63) is 65.7 Å². The molecule has 0 radical (unpaired) electrons. The summed E-state index contributed by atoms with van der Waals surface area (Å²) >= 11 is 0. The van der Waals surface area contributed by atoms with Crippen molar-refractivity contribution in [3.8, 4) is 0 Å². The van der Waals surface area contributed by atoms with E-state index in [2.05, 4.69) is 5.32 Å². The van der Waals surface area contributed by atoms with E-state index in [1.165, 1.54) is 0 Å². The third kappa shape index (κ3) is 2.76. The normalized spacial score (nSPS) is 11.9. The first-order valence-corrected chi connectivity index (χ1v) is 5.85. The first-order chi connectivity index (χ1) is 8.68. The molecule has 18 heavy (non-hydrogen) atoms. The number of rotatable bonds is 3. The molecule has 2 aromatic rings. The number of carbonyl (C=O) groups is 1. The van der Waals surface area contributed by atoms with Gasteiger partial charge in [-0.15, -0.1) is 0 Å². The number of nitrogens with two attached hydrogens (primary N) is 1.